The van der Waals surface area contributed by atoms with Crippen molar-refractivity contribution in [2.75, 3.05) is 19.8 Å². The van der Waals surface area contributed by atoms with E-state index in [-0.39, 0.29) is 55.1 Å². The third kappa shape index (κ3) is 8.54. The van der Waals surface area contributed by atoms with E-state index in [0.717, 1.165) is 6.42 Å². The molecule has 0 saturated carbocycles. The molecule has 0 aromatic rings. The summed E-state index contributed by atoms with van der Waals surface area (Å²) in [4.78, 5) is 11.4. The van der Waals surface area contributed by atoms with Gasteiger partial charge in [-0.25, -0.2) is 0 Å². The number of hydrogen-bond acceptors (Lipinski definition) is 11. The minimum absolute atomic E-state index is 0.0600. The molecule has 0 spiro atoms. The van der Waals surface area contributed by atoms with E-state index < -0.39 is 29.3 Å². The monoisotopic (exact) mass is 562 g/mol. The lowest BCUT2D eigenvalue weighted by atomic mass is 9.98. The molecule has 4 heterocycles. The average Bonchev–Trinajstić information content (AvgIpc) is 3.30. The summed E-state index contributed by atoms with van der Waals surface area (Å²) in [6.07, 6.45) is -0.937. The molecule has 4 rings (SSSR count). The maximum absolute atomic E-state index is 11.4. The molecule has 228 valence electrons. The highest BCUT2D eigenvalue weighted by atomic mass is 16.8. The minimum Gasteiger partial charge on any atom is -0.394 e. The number of carbonyl (C=O) groups is 1. The molecule has 4 saturated heterocycles. The molecule has 0 radical (unpaired) electrons. The highest BCUT2D eigenvalue weighted by molar-refractivity contribution is 5.73. The van der Waals surface area contributed by atoms with Gasteiger partial charge in [-0.2, -0.15) is 0 Å². The third-order valence-electron chi connectivity index (χ3n) is 6.95. The van der Waals surface area contributed by atoms with Crippen LogP contribution in [0.2, 0.25) is 0 Å². The van der Waals surface area contributed by atoms with Crippen LogP contribution in [0.3, 0.4) is 0 Å². The highest BCUT2D eigenvalue weighted by Crippen LogP contribution is 2.37. The Morgan fingerprint density at radius 1 is 0.744 bits per heavy atom. The fraction of sp³-hybridized carbons (Fsp3) is 0.963. The summed E-state index contributed by atoms with van der Waals surface area (Å²) in [5.41, 5.74) is 6.02. The molecule has 4 unspecified atom stereocenters. The topological polar surface area (TPSA) is 149 Å². The van der Waals surface area contributed by atoms with Crippen LogP contribution in [-0.2, 0) is 42.7 Å². The van der Waals surface area contributed by atoms with Crippen LogP contribution in [0.4, 0.5) is 0 Å². The molecule has 0 aliphatic carbocycles. The van der Waals surface area contributed by atoms with Gasteiger partial charge in [0, 0.05) is 6.92 Å². The van der Waals surface area contributed by atoms with Crippen molar-refractivity contribution in [1.29, 1.82) is 0 Å². The quantitative estimate of drug-likeness (QED) is 0.448. The van der Waals surface area contributed by atoms with E-state index >= 15 is 0 Å². The molecule has 0 aromatic heterocycles. The third-order valence-corrected chi connectivity index (χ3v) is 6.95. The van der Waals surface area contributed by atoms with Crippen molar-refractivity contribution in [3.8, 4) is 0 Å². The first-order valence-corrected chi connectivity index (χ1v) is 13.9. The molecule has 8 atom stereocenters. The summed E-state index contributed by atoms with van der Waals surface area (Å²) in [7, 11) is 0. The van der Waals surface area contributed by atoms with E-state index in [1.54, 1.807) is 0 Å². The summed E-state index contributed by atoms with van der Waals surface area (Å²) in [5, 5.41) is 12.3. The Balaban J connectivity index is 0.000000218. The Morgan fingerprint density at radius 3 is 1.72 bits per heavy atom. The molecular weight excluding hydrogens is 512 g/mol. The lowest BCUT2D eigenvalue weighted by Crippen LogP contribution is -2.61. The predicted molar refractivity (Wildman–Crippen MR) is 140 cm³/mol. The van der Waals surface area contributed by atoms with Crippen molar-refractivity contribution in [1.82, 2.24) is 5.32 Å². The summed E-state index contributed by atoms with van der Waals surface area (Å²) in [5.74, 6) is -2.88. The van der Waals surface area contributed by atoms with Crippen molar-refractivity contribution < 1.29 is 47.8 Å². The van der Waals surface area contributed by atoms with E-state index in [9.17, 15) is 9.90 Å². The van der Waals surface area contributed by atoms with Gasteiger partial charge >= 0.3 is 0 Å². The van der Waals surface area contributed by atoms with Gasteiger partial charge in [0.25, 0.3) is 0 Å². The van der Waals surface area contributed by atoms with Gasteiger partial charge in [-0.1, -0.05) is 6.92 Å². The van der Waals surface area contributed by atoms with Gasteiger partial charge in [-0.05, 0) is 61.8 Å². The number of aliphatic hydroxyl groups excluding tert-OH is 1. The summed E-state index contributed by atoms with van der Waals surface area (Å²) >= 11 is 0. The molecule has 4 aliphatic heterocycles. The van der Waals surface area contributed by atoms with E-state index in [1.807, 2.05) is 55.4 Å². The largest absolute Gasteiger partial charge is 0.394 e. The lowest BCUT2D eigenvalue weighted by Gasteiger charge is -2.43. The number of nitrogens with one attached hydrogen (secondary N) is 1. The number of hydrogen-bond donors (Lipinski definition) is 3. The second kappa shape index (κ2) is 12.1. The fourth-order valence-electron chi connectivity index (χ4n) is 5.40. The maximum Gasteiger partial charge on any atom is 0.217 e. The standard InChI is InChI=1S/C15H27NO5.C12H23NO5/c1-7-11-13(21-15(5,6)19-11)12-10(16-9(2)17)8-18-14(3,4)20-12;1-11(2)15-6-7(13)9(17-11)10-8(5-14)16-12(3,4)18-10/h10-13H,7-8H2,1-6H3,(H,16,17);7-10,14H,5-6,13H2,1-4H3/t10-,11?,12?,13-;7-,8?,9?,10-/m11/s1. The van der Waals surface area contributed by atoms with Crippen LogP contribution in [-0.4, -0.2) is 103 Å². The Labute approximate surface area is 232 Å². The summed E-state index contributed by atoms with van der Waals surface area (Å²) < 4.78 is 46.4. The first-order valence-electron chi connectivity index (χ1n) is 13.9. The summed E-state index contributed by atoms with van der Waals surface area (Å²) in [6, 6.07) is -0.540. The number of nitrogens with two attached hydrogens (primary N) is 1. The molecule has 0 bridgehead atoms. The van der Waals surface area contributed by atoms with E-state index in [1.165, 1.54) is 6.92 Å². The molecule has 39 heavy (non-hydrogen) atoms. The van der Waals surface area contributed by atoms with Crippen molar-refractivity contribution in [2.24, 2.45) is 5.73 Å². The van der Waals surface area contributed by atoms with E-state index in [4.69, 9.17) is 43.6 Å². The first kappa shape index (κ1) is 32.6. The van der Waals surface area contributed by atoms with Crippen LogP contribution in [0.25, 0.3) is 0 Å². The first-order chi connectivity index (χ1) is 17.9. The van der Waals surface area contributed by atoms with Crippen LogP contribution in [0.15, 0.2) is 0 Å². The van der Waals surface area contributed by atoms with Gasteiger partial charge in [0.2, 0.25) is 5.91 Å². The van der Waals surface area contributed by atoms with Gasteiger partial charge in [0.05, 0.1) is 38.0 Å². The molecule has 12 heteroatoms. The van der Waals surface area contributed by atoms with Crippen molar-refractivity contribution in [2.45, 2.75) is 148 Å². The molecule has 4 aliphatic rings. The zero-order chi connectivity index (χ0) is 29.4. The van der Waals surface area contributed by atoms with Crippen LogP contribution in [0, 0.1) is 0 Å². The number of carbonyl (C=O) groups excluding carboxylic acids is 1. The molecule has 4 N–H and O–H groups in total. The number of rotatable bonds is 5. The Kier molecular flexibility index (Phi) is 10.1. The Hall–Kier alpha value is -0.930. The Morgan fingerprint density at radius 2 is 1.21 bits per heavy atom. The maximum atomic E-state index is 11.4. The number of amides is 1. The zero-order valence-electron chi connectivity index (χ0n) is 25.1. The van der Waals surface area contributed by atoms with Gasteiger partial charge in [0.1, 0.15) is 30.5 Å². The molecule has 4 fully saturated rings. The molecule has 0 aromatic carbocycles. The smallest absolute Gasteiger partial charge is 0.217 e. The van der Waals surface area contributed by atoms with Crippen LogP contribution in [0.5, 0.6) is 0 Å². The van der Waals surface area contributed by atoms with Gasteiger partial charge in [-0.15, -0.1) is 0 Å². The minimum atomic E-state index is -0.733. The number of ether oxygens (including phenoxy) is 8. The normalized spacial score (nSPS) is 40.4. The second-order valence-electron chi connectivity index (χ2n) is 12.4. The van der Waals surface area contributed by atoms with Crippen molar-refractivity contribution in [3.05, 3.63) is 0 Å². The SMILES string of the molecule is CC1(C)OC[C@@H](N)C([C@@H]2OC(C)(C)OC2CO)O1.CCC1OC(C)(C)O[C@H]1C1OC(C)(C)OC[C@H]1NC(C)=O. The molecular formula is C27H50N2O10. The van der Waals surface area contributed by atoms with Gasteiger partial charge < -0.3 is 54.1 Å². The second-order valence-corrected chi connectivity index (χ2v) is 12.4. The van der Waals surface area contributed by atoms with Gasteiger partial charge in [0.15, 0.2) is 23.1 Å². The number of aliphatic hydroxyl groups is 1. The Bertz CT molecular complexity index is 833. The lowest BCUT2D eigenvalue weighted by molar-refractivity contribution is -0.301. The highest BCUT2D eigenvalue weighted by Gasteiger charge is 2.52. The van der Waals surface area contributed by atoms with E-state index in [2.05, 4.69) is 12.2 Å². The van der Waals surface area contributed by atoms with Crippen molar-refractivity contribution >= 4 is 5.91 Å². The zero-order valence-corrected chi connectivity index (χ0v) is 25.1. The summed E-state index contributed by atoms with van der Waals surface area (Å²) in [6.45, 7) is 19.0. The van der Waals surface area contributed by atoms with Crippen LogP contribution in [0.1, 0.15) is 75.7 Å². The van der Waals surface area contributed by atoms with Gasteiger partial charge in [-0.3, -0.25) is 4.79 Å². The average molecular weight is 563 g/mol. The molecule has 12 nitrogen and oxygen atoms in total. The predicted octanol–water partition coefficient (Wildman–Crippen LogP) is 1.55. The van der Waals surface area contributed by atoms with Crippen molar-refractivity contribution in [3.63, 3.8) is 0 Å². The fourth-order valence-corrected chi connectivity index (χ4v) is 5.40. The van der Waals surface area contributed by atoms with E-state index in [0.29, 0.717) is 13.2 Å². The molecule has 1 amide bonds. The van der Waals surface area contributed by atoms with Crippen LogP contribution < -0.4 is 11.1 Å². The van der Waals surface area contributed by atoms with Crippen LogP contribution >= 0.6 is 0 Å².